The Hall–Kier alpha value is -2.20. The van der Waals surface area contributed by atoms with Crippen LogP contribution in [0.15, 0.2) is 29.0 Å². The minimum Gasteiger partial charge on any atom is -0.464 e. The Morgan fingerprint density at radius 2 is 1.96 bits per heavy atom. The Bertz CT molecular complexity index is 972. The first-order valence-electron chi connectivity index (χ1n) is 7.23. The summed E-state index contributed by atoms with van der Waals surface area (Å²) in [5.74, 6) is -1.53. The number of pyridine rings is 1. The first kappa shape index (κ1) is 18.6. The van der Waals surface area contributed by atoms with Gasteiger partial charge in [0.15, 0.2) is 18.4 Å². The van der Waals surface area contributed by atoms with Crippen LogP contribution in [-0.2, 0) is 18.0 Å². The number of hydrogen-bond acceptors (Lipinski definition) is 4. The second kappa shape index (κ2) is 6.84. The average Bonchev–Trinajstić information content (AvgIpc) is 2.89. The van der Waals surface area contributed by atoms with Crippen LogP contribution in [0.2, 0.25) is 0 Å². The summed E-state index contributed by atoms with van der Waals surface area (Å²) in [6, 6.07) is 2.94. The minimum atomic E-state index is -4.68. The quantitative estimate of drug-likeness (QED) is 0.344. The molecule has 0 fully saturated rings. The summed E-state index contributed by atoms with van der Waals surface area (Å²) in [4.78, 5) is 4.05. The zero-order chi connectivity index (χ0) is 19.1. The highest BCUT2D eigenvalue weighted by Crippen LogP contribution is 2.39. The second-order valence-electron chi connectivity index (χ2n) is 5.38. The van der Waals surface area contributed by atoms with Gasteiger partial charge in [-0.3, -0.25) is 4.68 Å². The van der Waals surface area contributed by atoms with Crippen molar-refractivity contribution in [1.82, 2.24) is 14.8 Å². The number of aryl methyl sites for hydroxylation is 1. The molecule has 0 saturated heterocycles. The van der Waals surface area contributed by atoms with Crippen molar-refractivity contribution in [1.29, 1.82) is 0 Å². The van der Waals surface area contributed by atoms with Gasteiger partial charge in [-0.1, -0.05) is 0 Å². The molecule has 0 aliphatic heterocycles. The van der Waals surface area contributed by atoms with E-state index in [0.29, 0.717) is 27.6 Å². The van der Waals surface area contributed by atoms with E-state index >= 15 is 0 Å². The molecule has 3 rings (SSSR count). The molecular formula is C16H12BrF4N3O2. The van der Waals surface area contributed by atoms with Crippen molar-refractivity contribution in [2.75, 3.05) is 13.9 Å². The molecule has 0 radical (unpaired) electrons. The van der Waals surface area contributed by atoms with Gasteiger partial charge in [0, 0.05) is 31.3 Å². The molecule has 0 amide bonds. The number of rotatable bonds is 4. The van der Waals surface area contributed by atoms with Crippen LogP contribution >= 0.6 is 15.9 Å². The lowest BCUT2D eigenvalue weighted by atomic mass is 10.0. The van der Waals surface area contributed by atoms with Crippen LogP contribution in [-0.4, -0.2) is 28.7 Å². The Morgan fingerprint density at radius 1 is 1.23 bits per heavy atom. The van der Waals surface area contributed by atoms with E-state index in [1.165, 1.54) is 18.0 Å². The van der Waals surface area contributed by atoms with Crippen molar-refractivity contribution in [3.63, 3.8) is 0 Å². The van der Waals surface area contributed by atoms with Crippen molar-refractivity contribution in [2.45, 2.75) is 6.18 Å². The number of halogens is 5. The van der Waals surface area contributed by atoms with Crippen LogP contribution in [0.4, 0.5) is 17.6 Å². The van der Waals surface area contributed by atoms with Crippen molar-refractivity contribution in [3.05, 3.63) is 40.4 Å². The fourth-order valence-corrected chi connectivity index (χ4v) is 2.81. The van der Waals surface area contributed by atoms with Gasteiger partial charge in [0.1, 0.15) is 10.3 Å². The molecule has 3 aromatic rings. The molecule has 0 atom stereocenters. The van der Waals surface area contributed by atoms with E-state index in [0.717, 1.165) is 0 Å². The normalized spacial score (nSPS) is 12.0. The van der Waals surface area contributed by atoms with Gasteiger partial charge in [0.2, 0.25) is 0 Å². The second-order valence-corrected chi connectivity index (χ2v) is 6.19. The zero-order valence-electron chi connectivity index (χ0n) is 13.6. The number of benzene rings is 1. The van der Waals surface area contributed by atoms with E-state index in [1.54, 1.807) is 13.1 Å². The van der Waals surface area contributed by atoms with E-state index in [2.05, 4.69) is 30.7 Å². The molecule has 1 aromatic carbocycles. The largest absolute Gasteiger partial charge is 0.464 e. The molecule has 2 heterocycles. The zero-order valence-corrected chi connectivity index (χ0v) is 15.2. The number of fused-ring (bicyclic) bond motifs is 1. The van der Waals surface area contributed by atoms with Crippen molar-refractivity contribution in [2.24, 2.45) is 7.05 Å². The molecule has 0 saturated carbocycles. The van der Waals surface area contributed by atoms with Crippen molar-refractivity contribution in [3.8, 4) is 17.0 Å². The third-order valence-electron chi connectivity index (χ3n) is 3.66. The first-order chi connectivity index (χ1) is 12.2. The van der Waals surface area contributed by atoms with Crippen LogP contribution in [0.3, 0.4) is 0 Å². The first-order valence-corrected chi connectivity index (χ1v) is 8.02. The van der Waals surface area contributed by atoms with Gasteiger partial charge in [0.05, 0.1) is 11.1 Å². The fourth-order valence-electron chi connectivity index (χ4n) is 2.49. The summed E-state index contributed by atoms with van der Waals surface area (Å²) in [6.07, 6.45) is -3.27. The lowest BCUT2D eigenvalue weighted by Gasteiger charge is -2.13. The van der Waals surface area contributed by atoms with Crippen LogP contribution in [0.1, 0.15) is 5.56 Å². The van der Waals surface area contributed by atoms with E-state index in [1.807, 2.05) is 0 Å². The number of aromatic nitrogens is 3. The Kier molecular flexibility index (Phi) is 4.89. The predicted molar refractivity (Wildman–Crippen MR) is 89.1 cm³/mol. The topological polar surface area (TPSA) is 49.2 Å². The van der Waals surface area contributed by atoms with E-state index < -0.39 is 30.1 Å². The number of hydrogen-bond donors (Lipinski definition) is 0. The van der Waals surface area contributed by atoms with Gasteiger partial charge < -0.3 is 9.47 Å². The molecule has 0 unspecified atom stereocenters. The van der Waals surface area contributed by atoms with Crippen molar-refractivity contribution < 1.29 is 27.0 Å². The Morgan fingerprint density at radius 3 is 2.62 bits per heavy atom. The molecular weight excluding hydrogens is 422 g/mol. The molecule has 2 aromatic heterocycles. The van der Waals surface area contributed by atoms with Gasteiger partial charge in [-0.15, -0.1) is 0 Å². The molecule has 138 valence electrons. The summed E-state index contributed by atoms with van der Waals surface area (Å²) >= 11 is 3.22. The van der Waals surface area contributed by atoms with Gasteiger partial charge in [-0.2, -0.15) is 18.3 Å². The SMILES string of the molecule is COCOc1cc(C(F)(F)F)cc(-c2nn(C)c3cc(Br)ncc23)c1F. The van der Waals surface area contributed by atoms with E-state index in [9.17, 15) is 17.6 Å². The predicted octanol–water partition coefficient (Wildman–Crippen LogP) is 4.54. The highest BCUT2D eigenvalue weighted by Gasteiger charge is 2.33. The maximum absolute atomic E-state index is 14.8. The van der Waals surface area contributed by atoms with Crippen LogP contribution in [0.25, 0.3) is 22.2 Å². The molecule has 0 aliphatic rings. The molecule has 0 N–H and O–H groups in total. The lowest BCUT2D eigenvalue weighted by Crippen LogP contribution is -2.09. The average molecular weight is 434 g/mol. The van der Waals surface area contributed by atoms with Crippen LogP contribution in [0.5, 0.6) is 5.75 Å². The molecule has 0 bridgehead atoms. The van der Waals surface area contributed by atoms with Gasteiger partial charge in [-0.05, 0) is 34.1 Å². The van der Waals surface area contributed by atoms with Gasteiger partial charge in [0.25, 0.3) is 0 Å². The standard InChI is InChI=1S/C16H12BrF4N3O2/c1-24-11-5-13(17)22-6-10(11)15(23-24)9-3-8(16(19,20)21)4-12(14(9)18)26-7-25-2/h3-6H,7H2,1-2H3. The molecule has 0 spiro atoms. The third-order valence-corrected chi connectivity index (χ3v) is 4.09. The fraction of sp³-hybridized carbons (Fsp3) is 0.250. The molecule has 5 nitrogen and oxygen atoms in total. The molecule has 0 aliphatic carbocycles. The molecule has 10 heteroatoms. The lowest BCUT2D eigenvalue weighted by molar-refractivity contribution is -0.137. The monoisotopic (exact) mass is 433 g/mol. The molecule has 26 heavy (non-hydrogen) atoms. The summed E-state index contributed by atoms with van der Waals surface area (Å²) in [5, 5.41) is 4.58. The van der Waals surface area contributed by atoms with E-state index in [-0.39, 0.29) is 11.3 Å². The maximum atomic E-state index is 14.8. The third kappa shape index (κ3) is 3.38. The van der Waals surface area contributed by atoms with Gasteiger partial charge >= 0.3 is 6.18 Å². The summed E-state index contributed by atoms with van der Waals surface area (Å²) < 4.78 is 66.1. The maximum Gasteiger partial charge on any atom is 0.416 e. The highest BCUT2D eigenvalue weighted by molar-refractivity contribution is 9.10. The van der Waals surface area contributed by atoms with Crippen molar-refractivity contribution >= 4 is 26.8 Å². The summed E-state index contributed by atoms with van der Waals surface area (Å²) in [6.45, 7) is -0.394. The van der Waals surface area contributed by atoms with E-state index in [4.69, 9.17) is 4.74 Å². The number of nitrogens with zero attached hydrogens (tertiary/aromatic N) is 3. The minimum absolute atomic E-state index is 0.0355. The van der Waals surface area contributed by atoms with Crippen LogP contribution in [0, 0.1) is 5.82 Å². The van der Waals surface area contributed by atoms with Gasteiger partial charge in [-0.25, -0.2) is 9.37 Å². The summed E-state index contributed by atoms with van der Waals surface area (Å²) in [7, 11) is 2.88. The Balaban J connectivity index is 2.27. The Labute approximate surface area is 153 Å². The summed E-state index contributed by atoms with van der Waals surface area (Å²) in [5.41, 5.74) is -0.768. The van der Waals surface area contributed by atoms with Crippen LogP contribution < -0.4 is 4.74 Å². The smallest absolute Gasteiger partial charge is 0.416 e. The number of methoxy groups -OCH3 is 1. The number of alkyl halides is 3. The highest BCUT2D eigenvalue weighted by atomic mass is 79.9. The number of ether oxygens (including phenoxy) is 2.